The van der Waals surface area contributed by atoms with E-state index in [9.17, 15) is 19.2 Å². The summed E-state index contributed by atoms with van der Waals surface area (Å²) in [6, 6.07) is 25.6. The SMILES string of the molecule is CCOC(=O)CC(C)N1C(=O)c2cc(C#CCCOc3cccnc3NC(=O)OC(C)(C)C)ccc2N(Cc2ccccc2)C(=O)C1c1ccccc1. The fraction of sp³-hybridized carbons (Fsp3) is 0.310. The molecule has 0 spiro atoms. The van der Waals surface area contributed by atoms with Crippen molar-refractivity contribution in [2.75, 3.05) is 23.4 Å². The number of pyridine rings is 1. The van der Waals surface area contributed by atoms with Crippen molar-refractivity contribution in [1.29, 1.82) is 0 Å². The third kappa shape index (κ3) is 10.0. The highest BCUT2D eigenvalue weighted by molar-refractivity contribution is 6.11. The van der Waals surface area contributed by atoms with Crippen molar-refractivity contribution in [1.82, 2.24) is 9.88 Å². The molecule has 0 fully saturated rings. The first kappa shape index (κ1) is 38.1. The number of esters is 1. The van der Waals surface area contributed by atoms with Crippen LogP contribution in [-0.2, 0) is 25.6 Å². The molecule has 11 nitrogen and oxygen atoms in total. The number of carbonyl (C=O) groups is 4. The fourth-order valence-electron chi connectivity index (χ4n) is 5.92. The van der Waals surface area contributed by atoms with Crippen molar-refractivity contribution in [3.05, 3.63) is 119 Å². The molecule has 1 aliphatic heterocycles. The molecule has 4 aromatic rings. The summed E-state index contributed by atoms with van der Waals surface area (Å²) in [5.74, 6) is 5.65. The van der Waals surface area contributed by atoms with E-state index in [2.05, 4.69) is 22.1 Å². The van der Waals surface area contributed by atoms with Gasteiger partial charge in [-0.2, -0.15) is 0 Å². The number of rotatable bonds is 11. The second-order valence-electron chi connectivity index (χ2n) is 13.4. The van der Waals surface area contributed by atoms with Gasteiger partial charge >= 0.3 is 12.1 Å². The Morgan fingerprint density at radius 2 is 1.68 bits per heavy atom. The molecule has 2 unspecified atom stereocenters. The van der Waals surface area contributed by atoms with Crippen LogP contribution in [0.4, 0.5) is 16.3 Å². The number of ether oxygens (including phenoxy) is 3. The number of benzene rings is 3. The number of anilines is 2. The van der Waals surface area contributed by atoms with Crippen molar-refractivity contribution in [2.45, 2.75) is 71.7 Å². The maximum absolute atomic E-state index is 14.7. The predicted molar refractivity (Wildman–Crippen MR) is 201 cm³/mol. The lowest BCUT2D eigenvalue weighted by molar-refractivity contribution is -0.144. The first-order valence-corrected chi connectivity index (χ1v) is 17.5. The van der Waals surface area contributed by atoms with Gasteiger partial charge in [-0.3, -0.25) is 19.7 Å². The highest BCUT2D eigenvalue weighted by Gasteiger charge is 2.43. The van der Waals surface area contributed by atoms with Gasteiger partial charge in [-0.05, 0) is 76.1 Å². The molecule has 1 N–H and O–H groups in total. The summed E-state index contributed by atoms with van der Waals surface area (Å²) in [5, 5.41) is 2.61. The largest absolute Gasteiger partial charge is 0.489 e. The van der Waals surface area contributed by atoms with Crippen molar-refractivity contribution in [3.63, 3.8) is 0 Å². The van der Waals surface area contributed by atoms with E-state index in [1.54, 1.807) is 69.9 Å². The molecule has 0 radical (unpaired) electrons. The molecule has 1 aliphatic rings. The molecule has 1 aromatic heterocycles. The third-order valence-corrected chi connectivity index (χ3v) is 8.18. The summed E-state index contributed by atoms with van der Waals surface area (Å²) in [6.45, 7) is 9.41. The van der Waals surface area contributed by atoms with Crippen LogP contribution in [-0.4, -0.2) is 58.6 Å². The van der Waals surface area contributed by atoms with Crippen molar-refractivity contribution in [2.24, 2.45) is 0 Å². The molecule has 3 amide bonds. The number of nitrogens with zero attached hydrogens (tertiary/aromatic N) is 3. The Labute approximate surface area is 310 Å². The summed E-state index contributed by atoms with van der Waals surface area (Å²) in [6.07, 6.45) is 1.12. The van der Waals surface area contributed by atoms with Crippen molar-refractivity contribution >= 4 is 35.4 Å². The van der Waals surface area contributed by atoms with Gasteiger partial charge in [0.2, 0.25) is 0 Å². The maximum atomic E-state index is 14.7. The van der Waals surface area contributed by atoms with Gasteiger partial charge in [0, 0.05) is 24.2 Å². The van der Waals surface area contributed by atoms with E-state index in [-0.39, 0.29) is 37.9 Å². The van der Waals surface area contributed by atoms with Crippen LogP contribution in [0.15, 0.2) is 97.2 Å². The average Bonchev–Trinajstić information content (AvgIpc) is 3.21. The second-order valence-corrected chi connectivity index (χ2v) is 13.4. The van der Waals surface area contributed by atoms with Gasteiger partial charge < -0.3 is 24.0 Å². The Morgan fingerprint density at radius 3 is 2.38 bits per heavy atom. The summed E-state index contributed by atoms with van der Waals surface area (Å²) < 4.78 is 16.4. The number of aromatic nitrogens is 1. The summed E-state index contributed by atoms with van der Waals surface area (Å²) in [4.78, 5) is 61.7. The smallest absolute Gasteiger partial charge is 0.413 e. The minimum atomic E-state index is -1.00. The molecule has 0 bridgehead atoms. The summed E-state index contributed by atoms with van der Waals surface area (Å²) in [7, 11) is 0. The Bertz CT molecular complexity index is 1980. The van der Waals surface area contributed by atoms with Gasteiger partial charge in [0.05, 0.1) is 37.4 Å². The molecule has 53 heavy (non-hydrogen) atoms. The molecule has 11 heteroatoms. The molecule has 2 heterocycles. The second kappa shape index (κ2) is 17.4. The maximum Gasteiger partial charge on any atom is 0.413 e. The van der Waals surface area contributed by atoms with E-state index in [0.717, 1.165) is 5.56 Å². The summed E-state index contributed by atoms with van der Waals surface area (Å²) in [5.41, 5.74) is 2.15. The molecule has 274 valence electrons. The Morgan fingerprint density at radius 1 is 0.962 bits per heavy atom. The molecule has 3 aromatic carbocycles. The Balaban J connectivity index is 1.44. The van der Waals surface area contributed by atoms with Crippen LogP contribution >= 0.6 is 0 Å². The quantitative estimate of drug-likeness (QED) is 0.0972. The van der Waals surface area contributed by atoms with Crippen LogP contribution in [0.1, 0.15) is 80.6 Å². The molecule has 5 rings (SSSR count). The topological polar surface area (TPSA) is 127 Å². The number of amides is 3. The van der Waals surface area contributed by atoms with Crippen LogP contribution in [0.25, 0.3) is 0 Å². The first-order valence-electron chi connectivity index (χ1n) is 17.5. The molecule has 2 atom stereocenters. The van der Waals surface area contributed by atoms with E-state index < -0.39 is 35.7 Å². The van der Waals surface area contributed by atoms with Gasteiger partial charge in [0.1, 0.15) is 11.6 Å². The lowest BCUT2D eigenvalue weighted by atomic mass is 10.0. The van der Waals surface area contributed by atoms with Crippen LogP contribution in [0.2, 0.25) is 0 Å². The molecular weight excluding hydrogens is 672 g/mol. The van der Waals surface area contributed by atoms with E-state index in [0.29, 0.717) is 34.5 Å². The monoisotopic (exact) mass is 716 g/mol. The minimum Gasteiger partial charge on any atom is -0.489 e. The molecule has 0 saturated carbocycles. The zero-order chi connectivity index (χ0) is 38.0. The van der Waals surface area contributed by atoms with Gasteiger partial charge in [-0.25, -0.2) is 9.78 Å². The van der Waals surface area contributed by atoms with Crippen LogP contribution in [0.5, 0.6) is 5.75 Å². The number of fused-ring (bicyclic) bond motifs is 1. The third-order valence-electron chi connectivity index (χ3n) is 8.18. The van der Waals surface area contributed by atoms with Crippen molar-refractivity contribution in [3.8, 4) is 17.6 Å². The number of nitrogens with one attached hydrogen (secondary N) is 1. The lowest BCUT2D eigenvalue weighted by Crippen LogP contribution is -2.47. The van der Waals surface area contributed by atoms with Gasteiger partial charge in [0.15, 0.2) is 11.6 Å². The average molecular weight is 717 g/mol. The fourth-order valence-corrected chi connectivity index (χ4v) is 5.92. The zero-order valence-electron chi connectivity index (χ0n) is 30.6. The van der Waals surface area contributed by atoms with Crippen molar-refractivity contribution < 1.29 is 33.4 Å². The molecular formula is C42H44N4O7. The van der Waals surface area contributed by atoms with E-state index in [1.807, 2.05) is 60.7 Å². The highest BCUT2D eigenvalue weighted by atomic mass is 16.6. The Hall–Kier alpha value is -6.15. The highest BCUT2D eigenvalue weighted by Crippen LogP contribution is 2.38. The molecule has 0 saturated heterocycles. The number of hydrogen-bond acceptors (Lipinski definition) is 8. The number of hydrogen-bond donors (Lipinski definition) is 1. The van der Waals surface area contributed by atoms with Gasteiger partial charge in [0.25, 0.3) is 11.8 Å². The standard InChI is InChI=1S/C42H44N4O7/c1-6-51-36(47)26-29(2)46-37(32-19-11-8-12-20-32)40(49)45(28-31-17-9-7-10-18-31)34-23-22-30(27-33(34)39(46)48)16-13-14-25-52-35-21-15-24-43-38(35)44-41(50)53-42(3,4)5/h7-12,15,17-24,27,29,37H,6,14,25-26,28H2,1-5H3,(H,43,44,50). The van der Waals surface area contributed by atoms with Gasteiger partial charge in [-0.1, -0.05) is 72.5 Å². The van der Waals surface area contributed by atoms with Crippen LogP contribution in [0.3, 0.4) is 0 Å². The lowest BCUT2D eigenvalue weighted by Gasteiger charge is -2.35. The first-order chi connectivity index (χ1) is 25.4. The van der Waals surface area contributed by atoms with Crippen LogP contribution in [0, 0.1) is 11.8 Å². The van der Waals surface area contributed by atoms with Gasteiger partial charge in [-0.15, -0.1) is 0 Å². The van der Waals surface area contributed by atoms with E-state index in [1.165, 1.54) is 11.1 Å². The summed E-state index contributed by atoms with van der Waals surface area (Å²) >= 11 is 0. The van der Waals surface area contributed by atoms with E-state index >= 15 is 0 Å². The Kier molecular flexibility index (Phi) is 12.5. The molecule has 0 aliphatic carbocycles. The normalized spacial score (nSPS) is 14.6. The van der Waals surface area contributed by atoms with E-state index in [4.69, 9.17) is 14.2 Å². The predicted octanol–water partition coefficient (Wildman–Crippen LogP) is 7.32. The minimum absolute atomic E-state index is 0.0876. The number of carbonyl (C=O) groups excluding carboxylic acids is 4. The zero-order valence-corrected chi connectivity index (χ0v) is 30.6. The van der Waals surface area contributed by atoms with Crippen LogP contribution < -0.4 is 15.0 Å².